The van der Waals surface area contributed by atoms with E-state index in [0.717, 1.165) is 18.4 Å². The fourth-order valence-corrected chi connectivity index (χ4v) is 2.22. The molecule has 1 rings (SSSR count). The molecule has 0 spiro atoms. The second-order valence-electron chi connectivity index (χ2n) is 3.67. The summed E-state index contributed by atoms with van der Waals surface area (Å²) in [5.41, 5.74) is 0.166. The van der Waals surface area contributed by atoms with Crippen molar-refractivity contribution in [3.05, 3.63) is 36.4 Å². The lowest BCUT2D eigenvalue weighted by Gasteiger charge is -2.10. The number of hydrogen-bond donors (Lipinski definition) is 1. The van der Waals surface area contributed by atoms with Crippen molar-refractivity contribution in [2.75, 3.05) is 18.7 Å². The van der Waals surface area contributed by atoms with Crippen molar-refractivity contribution in [3.63, 3.8) is 0 Å². The van der Waals surface area contributed by atoms with Crippen molar-refractivity contribution < 1.29 is 22.7 Å². The van der Waals surface area contributed by atoms with Gasteiger partial charge in [0.15, 0.2) is 9.84 Å². The molecule has 19 heavy (non-hydrogen) atoms. The molecule has 102 valence electrons. The van der Waals surface area contributed by atoms with Gasteiger partial charge in [-0.25, -0.2) is 13.2 Å². The number of esters is 1. The maximum Gasteiger partial charge on any atom is 0.337 e. The molecule has 0 saturated heterocycles. The SMILES string of the molecule is C=CC(=O)Nc1ccc(C(=O)OC)cc1S(C)(=O)=O. The fraction of sp³-hybridized carbons (Fsp3) is 0.167. The molecule has 7 heteroatoms. The maximum absolute atomic E-state index is 11.7. The number of carbonyl (C=O) groups excluding carboxylic acids is 2. The summed E-state index contributed by atoms with van der Waals surface area (Å²) in [5, 5.41) is 2.36. The molecule has 1 N–H and O–H groups in total. The number of hydrogen-bond acceptors (Lipinski definition) is 5. The molecular weight excluding hydrogens is 270 g/mol. The van der Waals surface area contributed by atoms with E-state index in [0.29, 0.717) is 0 Å². The third kappa shape index (κ3) is 3.65. The van der Waals surface area contributed by atoms with E-state index in [1.54, 1.807) is 0 Å². The van der Waals surface area contributed by atoms with E-state index < -0.39 is 21.7 Å². The van der Waals surface area contributed by atoms with Crippen LogP contribution >= 0.6 is 0 Å². The van der Waals surface area contributed by atoms with Gasteiger partial charge in [0.1, 0.15) is 0 Å². The van der Waals surface area contributed by atoms with Gasteiger partial charge in [-0.3, -0.25) is 4.79 Å². The number of benzene rings is 1. The number of carbonyl (C=O) groups is 2. The Hall–Kier alpha value is -2.15. The lowest BCUT2D eigenvalue weighted by Crippen LogP contribution is -2.13. The van der Waals surface area contributed by atoms with Crippen LogP contribution in [0, 0.1) is 0 Å². The highest BCUT2D eigenvalue weighted by Gasteiger charge is 2.17. The molecule has 0 saturated carbocycles. The quantitative estimate of drug-likeness (QED) is 0.657. The monoisotopic (exact) mass is 283 g/mol. The Labute approximate surface area is 111 Å². The van der Waals surface area contributed by atoms with Crippen LogP contribution in [0.4, 0.5) is 5.69 Å². The molecule has 0 unspecified atom stereocenters. The van der Waals surface area contributed by atoms with Crippen molar-refractivity contribution in [1.29, 1.82) is 0 Å². The molecule has 0 heterocycles. The maximum atomic E-state index is 11.7. The molecule has 0 fully saturated rings. The van der Waals surface area contributed by atoms with Gasteiger partial charge in [0, 0.05) is 6.26 Å². The summed E-state index contributed by atoms with van der Waals surface area (Å²) in [6.45, 7) is 3.27. The summed E-state index contributed by atoms with van der Waals surface area (Å²) in [7, 11) is -2.42. The molecule has 1 aromatic rings. The number of methoxy groups -OCH3 is 1. The molecule has 0 radical (unpaired) electrons. The number of sulfone groups is 1. The zero-order valence-electron chi connectivity index (χ0n) is 10.5. The average molecular weight is 283 g/mol. The van der Waals surface area contributed by atoms with Gasteiger partial charge in [-0.1, -0.05) is 6.58 Å². The topological polar surface area (TPSA) is 89.5 Å². The number of nitrogens with one attached hydrogen (secondary N) is 1. The number of ether oxygens (including phenoxy) is 1. The molecular formula is C12H13NO5S. The van der Waals surface area contributed by atoms with Crippen molar-refractivity contribution in [1.82, 2.24) is 0 Å². The van der Waals surface area contributed by atoms with Gasteiger partial charge < -0.3 is 10.1 Å². The van der Waals surface area contributed by atoms with Crippen LogP contribution in [0.5, 0.6) is 0 Å². The van der Waals surface area contributed by atoms with Crippen molar-refractivity contribution in [3.8, 4) is 0 Å². The molecule has 0 aliphatic rings. The normalized spacial score (nSPS) is 10.6. The number of amides is 1. The molecule has 0 aliphatic carbocycles. The van der Waals surface area contributed by atoms with Crippen LogP contribution in [0.1, 0.15) is 10.4 Å². The molecule has 6 nitrogen and oxygen atoms in total. The van der Waals surface area contributed by atoms with Gasteiger partial charge in [0.25, 0.3) is 0 Å². The first kappa shape index (κ1) is 14.9. The smallest absolute Gasteiger partial charge is 0.337 e. The van der Waals surface area contributed by atoms with E-state index in [4.69, 9.17) is 0 Å². The largest absolute Gasteiger partial charge is 0.465 e. The van der Waals surface area contributed by atoms with Crippen molar-refractivity contribution in [2.45, 2.75) is 4.90 Å². The Morgan fingerprint density at radius 2 is 2.00 bits per heavy atom. The van der Waals surface area contributed by atoms with Crippen LogP contribution in [0.3, 0.4) is 0 Å². The molecule has 0 aromatic heterocycles. The molecule has 1 aromatic carbocycles. The summed E-state index contributed by atoms with van der Waals surface area (Å²) in [5.74, 6) is -1.21. The summed E-state index contributed by atoms with van der Waals surface area (Å²) in [4.78, 5) is 22.4. The molecule has 1 amide bonds. The van der Waals surface area contributed by atoms with E-state index in [1.165, 1.54) is 19.2 Å². The minimum Gasteiger partial charge on any atom is -0.465 e. The van der Waals surface area contributed by atoms with Gasteiger partial charge in [-0.15, -0.1) is 0 Å². The second-order valence-corrected chi connectivity index (χ2v) is 5.65. The van der Waals surface area contributed by atoms with Gasteiger partial charge in [-0.2, -0.15) is 0 Å². The summed E-state index contributed by atoms with van der Waals surface area (Å²) < 4.78 is 27.8. The summed E-state index contributed by atoms with van der Waals surface area (Å²) >= 11 is 0. The highest BCUT2D eigenvalue weighted by molar-refractivity contribution is 7.90. The Kier molecular flexibility index (Phi) is 4.44. The zero-order chi connectivity index (χ0) is 14.6. The van der Waals surface area contributed by atoms with Gasteiger partial charge >= 0.3 is 5.97 Å². The number of rotatable bonds is 4. The molecule has 0 atom stereocenters. The zero-order valence-corrected chi connectivity index (χ0v) is 11.3. The Morgan fingerprint density at radius 3 is 2.47 bits per heavy atom. The average Bonchev–Trinajstić information content (AvgIpc) is 2.36. The summed E-state index contributed by atoms with van der Waals surface area (Å²) in [6.07, 6.45) is 1.99. The Balaban J connectivity index is 3.37. The predicted molar refractivity (Wildman–Crippen MR) is 69.7 cm³/mol. The van der Waals surface area contributed by atoms with Crippen LogP contribution < -0.4 is 5.32 Å². The molecule has 0 bridgehead atoms. The first-order valence-electron chi connectivity index (χ1n) is 5.15. The summed E-state index contributed by atoms with van der Waals surface area (Å²) in [6, 6.07) is 3.84. The first-order valence-corrected chi connectivity index (χ1v) is 7.04. The first-order chi connectivity index (χ1) is 8.79. The molecule has 0 aliphatic heterocycles. The predicted octanol–water partition coefficient (Wildman–Crippen LogP) is 1.00. The van der Waals surface area contributed by atoms with E-state index in [-0.39, 0.29) is 16.1 Å². The third-order valence-electron chi connectivity index (χ3n) is 2.25. The van der Waals surface area contributed by atoms with E-state index in [9.17, 15) is 18.0 Å². The van der Waals surface area contributed by atoms with Crippen LogP contribution in [0.25, 0.3) is 0 Å². The number of anilines is 1. The van der Waals surface area contributed by atoms with Crippen molar-refractivity contribution >= 4 is 27.4 Å². The van der Waals surface area contributed by atoms with Gasteiger partial charge in [0.05, 0.1) is 23.3 Å². The Morgan fingerprint density at radius 1 is 1.37 bits per heavy atom. The Bertz CT molecular complexity index is 634. The highest BCUT2D eigenvalue weighted by atomic mass is 32.2. The van der Waals surface area contributed by atoms with Crippen molar-refractivity contribution in [2.24, 2.45) is 0 Å². The lowest BCUT2D eigenvalue weighted by molar-refractivity contribution is -0.111. The third-order valence-corrected chi connectivity index (χ3v) is 3.38. The standard InChI is InChI=1S/C12H13NO5S/c1-4-11(14)13-9-6-5-8(12(15)18-2)7-10(9)19(3,16)17/h4-7H,1H2,2-3H3,(H,13,14). The fourth-order valence-electron chi connectivity index (χ4n) is 1.36. The van der Waals surface area contributed by atoms with E-state index >= 15 is 0 Å². The van der Waals surface area contributed by atoms with E-state index in [2.05, 4.69) is 16.6 Å². The minimum atomic E-state index is -3.61. The minimum absolute atomic E-state index is 0.0829. The van der Waals surface area contributed by atoms with Crippen LogP contribution in [0.2, 0.25) is 0 Å². The van der Waals surface area contributed by atoms with Crippen LogP contribution in [-0.2, 0) is 19.4 Å². The van der Waals surface area contributed by atoms with Gasteiger partial charge in [0.2, 0.25) is 5.91 Å². The highest BCUT2D eigenvalue weighted by Crippen LogP contribution is 2.23. The van der Waals surface area contributed by atoms with Crippen LogP contribution in [0.15, 0.2) is 35.7 Å². The second kappa shape index (κ2) is 5.66. The van der Waals surface area contributed by atoms with Crippen LogP contribution in [-0.4, -0.2) is 33.7 Å². The lowest BCUT2D eigenvalue weighted by atomic mass is 10.2. The van der Waals surface area contributed by atoms with Gasteiger partial charge in [-0.05, 0) is 24.3 Å². The van der Waals surface area contributed by atoms with E-state index in [1.807, 2.05) is 0 Å².